The number of halogens is 1. The second-order valence-corrected chi connectivity index (χ2v) is 5.65. The highest BCUT2D eigenvalue weighted by atomic mass is 35.5. The molecule has 0 bridgehead atoms. The van der Waals surface area contributed by atoms with Gasteiger partial charge in [0.2, 0.25) is 0 Å². The van der Waals surface area contributed by atoms with E-state index in [1.807, 2.05) is 0 Å². The van der Waals surface area contributed by atoms with E-state index in [4.69, 9.17) is 17.3 Å². The Kier molecular flexibility index (Phi) is 3.54. The minimum Gasteiger partial charge on any atom is -0.397 e. The standard InChI is InChI=1S/C12H14ClN3S/c1-7-3-10(17-8(7)2)6-16-12-11(13)4-9(14)5-15-12/h3-5H,6,14H2,1-2H3,(H,15,16). The zero-order valence-electron chi connectivity index (χ0n) is 9.75. The lowest BCUT2D eigenvalue weighted by Crippen LogP contribution is -2.01. The van der Waals surface area contributed by atoms with Crippen molar-refractivity contribution < 1.29 is 0 Å². The van der Waals surface area contributed by atoms with Gasteiger partial charge in [-0.25, -0.2) is 4.98 Å². The average Bonchev–Trinajstić information content (AvgIpc) is 2.57. The van der Waals surface area contributed by atoms with Crippen LogP contribution in [0, 0.1) is 13.8 Å². The first-order valence-corrected chi connectivity index (χ1v) is 6.46. The fourth-order valence-corrected chi connectivity index (χ4v) is 2.73. The molecule has 2 heterocycles. The van der Waals surface area contributed by atoms with Crippen LogP contribution in [0.5, 0.6) is 0 Å². The third-order valence-electron chi connectivity index (χ3n) is 2.51. The molecule has 0 fully saturated rings. The summed E-state index contributed by atoms with van der Waals surface area (Å²) in [5, 5.41) is 3.76. The van der Waals surface area contributed by atoms with Gasteiger partial charge in [-0.05, 0) is 31.5 Å². The van der Waals surface area contributed by atoms with Crippen LogP contribution in [0.25, 0.3) is 0 Å². The predicted molar refractivity (Wildman–Crippen MR) is 74.8 cm³/mol. The van der Waals surface area contributed by atoms with Gasteiger partial charge < -0.3 is 11.1 Å². The summed E-state index contributed by atoms with van der Waals surface area (Å²) in [4.78, 5) is 6.78. The van der Waals surface area contributed by atoms with Crippen molar-refractivity contribution >= 4 is 34.4 Å². The summed E-state index contributed by atoms with van der Waals surface area (Å²) in [7, 11) is 0. The summed E-state index contributed by atoms with van der Waals surface area (Å²) in [6.07, 6.45) is 1.60. The van der Waals surface area contributed by atoms with Crippen molar-refractivity contribution in [1.29, 1.82) is 0 Å². The summed E-state index contributed by atoms with van der Waals surface area (Å²) >= 11 is 7.82. The second-order valence-electron chi connectivity index (χ2n) is 3.90. The molecule has 3 N–H and O–H groups in total. The van der Waals surface area contributed by atoms with E-state index in [1.165, 1.54) is 15.3 Å². The molecule has 17 heavy (non-hydrogen) atoms. The fourth-order valence-electron chi connectivity index (χ4n) is 1.49. The van der Waals surface area contributed by atoms with E-state index in [9.17, 15) is 0 Å². The first kappa shape index (κ1) is 12.2. The van der Waals surface area contributed by atoms with Crippen LogP contribution in [-0.2, 0) is 6.54 Å². The maximum atomic E-state index is 6.03. The number of anilines is 2. The number of aromatic nitrogens is 1. The lowest BCUT2D eigenvalue weighted by Gasteiger charge is -2.06. The quantitative estimate of drug-likeness (QED) is 0.893. The van der Waals surface area contributed by atoms with Gasteiger partial charge in [0.1, 0.15) is 5.82 Å². The van der Waals surface area contributed by atoms with Gasteiger partial charge in [-0.2, -0.15) is 0 Å². The largest absolute Gasteiger partial charge is 0.397 e. The maximum absolute atomic E-state index is 6.03. The number of nitrogens with one attached hydrogen (secondary N) is 1. The predicted octanol–water partition coefficient (Wildman–Crippen LogP) is 3.61. The Bertz CT molecular complexity index is 517. The number of aryl methyl sites for hydroxylation is 2. The molecule has 5 heteroatoms. The summed E-state index contributed by atoms with van der Waals surface area (Å²) < 4.78 is 0. The molecule has 2 aromatic heterocycles. The molecule has 0 saturated heterocycles. The third kappa shape index (κ3) is 2.90. The molecule has 0 atom stereocenters. The van der Waals surface area contributed by atoms with E-state index in [2.05, 4.69) is 30.2 Å². The van der Waals surface area contributed by atoms with Crippen molar-refractivity contribution in [2.45, 2.75) is 20.4 Å². The van der Waals surface area contributed by atoms with Gasteiger partial charge >= 0.3 is 0 Å². The van der Waals surface area contributed by atoms with Gasteiger partial charge in [0, 0.05) is 9.75 Å². The van der Waals surface area contributed by atoms with Crippen LogP contribution >= 0.6 is 22.9 Å². The molecule has 0 spiro atoms. The average molecular weight is 268 g/mol. The van der Waals surface area contributed by atoms with E-state index in [0.717, 1.165) is 6.54 Å². The van der Waals surface area contributed by atoms with Crippen molar-refractivity contribution in [3.8, 4) is 0 Å². The Hall–Kier alpha value is -1.26. The van der Waals surface area contributed by atoms with E-state index < -0.39 is 0 Å². The molecule has 3 nitrogen and oxygen atoms in total. The number of nitrogens with zero attached hydrogens (tertiary/aromatic N) is 1. The van der Waals surface area contributed by atoms with Crippen LogP contribution in [0.2, 0.25) is 5.02 Å². The van der Waals surface area contributed by atoms with E-state index in [0.29, 0.717) is 16.5 Å². The highest BCUT2D eigenvalue weighted by molar-refractivity contribution is 7.12. The van der Waals surface area contributed by atoms with Crippen LogP contribution in [-0.4, -0.2) is 4.98 Å². The Morgan fingerprint density at radius 1 is 1.41 bits per heavy atom. The Labute approximate surface area is 110 Å². The number of hydrogen-bond donors (Lipinski definition) is 2. The van der Waals surface area contributed by atoms with Gasteiger partial charge in [0.25, 0.3) is 0 Å². The molecule has 0 aromatic carbocycles. The molecule has 0 saturated carbocycles. The summed E-state index contributed by atoms with van der Waals surface area (Å²) in [5.41, 5.74) is 7.48. The molecule has 2 rings (SSSR count). The molecular weight excluding hydrogens is 254 g/mol. The van der Waals surface area contributed by atoms with Crippen molar-refractivity contribution in [3.63, 3.8) is 0 Å². The smallest absolute Gasteiger partial charge is 0.145 e. The highest BCUT2D eigenvalue weighted by Gasteiger charge is 2.04. The van der Waals surface area contributed by atoms with E-state index in [1.54, 1.807) is 23.6 Å². The highest BCUT2D eigenvalue weighted by Crippen LogP contribution is 2.24. The zero-order valence-corrected chi connectivity index (χ0v) is 11.3. The lowest BCUT2D eigenvalue weighted by molar-refractivity contribution is 1.14. The normalized spacial score (nSPS) is 10.5. The van der Waals surface area contributed by atoms with Crippen molar-refractivity contribution in [1.82, 2.24) is 4.98 Å². The summed E-state index contributed by atoms with van der Waals surface area (Å²) in [5.74, 6) is 0.671. The molecular formula is C12H14ClN3S. The molecule has 0 amide bonds. The zero-order chi connectivity index (χ0) is 12.4. The number of nitrogens with two attached hydrogens (primary N) is 1. The van der Waals surface area contributed by atoms with Gasteiger partial charge in [-0.1, -0.05) is 11.6 Å². The van der Waals surface area contributed by atoms with Crippen LogP contribution in [0.3, 0.4) is 0 Å². The van der Waals surface area contributed by atoms with Crippen LogP contribution in [0.1, 0.15) is 15.3 Å². The summed E-state index contributed by atoms with van der Waals surface area (Å²) in [6, 6.07) is 3.88. The third-order valence-corrected chi connectivity index (χ3v) is 3.95. The summed E-state index contributed by atoms with van der Waals surface area (Å²) in [6.45, 7) is 4.97. The van der Waals surface area contributed by atoms with Crippen LogP contribution < -0.4 is 11.1 Å². The monoisotopic (exact) mass is 267 g/mol. The molecule has 0 aliphatic carbocycles. The Morgan fingerprint density at radius 3 is 2.76 bits per heavy atom. The number of thiophene rings is 1. The molecule has 0 aliphatic rings. The number of pyridine rings is 1. The van der Waals surface area contributed by atoms with Crippen molar-refractivity contribution in [3.05, 3.63) is 38.7 Å². The molecule has 2 aromatic rings. The Balaban J connectivity index is 2.07. The number of hydrogen-bond acceptors (Lipinski definition) is 4. The number of rotatable bonds is 3. The van der Waals surface area contributed by atoms with E-state index in [-0.39, 0.29) is 0 Å². The van der Waals surface area contributed by atoms with E-state index >= 15 is 0 Å². The van der Waals surface area contributed by atoms with Crippen LogP contribution in [0.15, 0.2) is 18.3 Å². The second kappa shape index (κ2) is 4.94. The fraction of sp³-hybridized carbons (Fsp3) is 0.250. The molecule has 0 unspecified atom stereocenters. The first-order valence-electron chi connectivity index (χ1n) is 5.27. The van der Waals surface area contributed by atoms with Gasteiger partial charge in [0.15, 0.2) is 0 Å². The SMILES string of the molecule is Cc1cc(CNc2ncc(N)cc2Cl)sc1C. The van der Waals surface area contributed by atoms with Gasteiger partial charge in [-0.15, -0.1) is 11.3 Å². The Morgan fingerprint density at radius 2 is 2.18 bits per heavy atom. The van der Waals surface area contributed by atoms with Crippen molar-refractivity contribution in [2.75, 3.05) is 11.1 Å². The lowest BCUT2D eigenvalue weighted by atomic mass is 10.3. The minimum atomic E-state index is 0.551. The molecule has 0 aliphatic heterocycles. The van der Waals surface area contributed by atoms with Gasteiger partial charge in [-0.3, -0.25) is 0 Å². The van der Waals surface area contributed by atoms with Gasteiger partial charge in [0.05, 0.1) is 23.5 Å². The molecule has 0 radical (unpaired) electrons. The first-order chi connectivity index (χ1) is 8.06. The number of nitrogen functional groups attached to an aromatic ring is 1. The topological polar surface area (TPSA) is 50.9 Å². The molecule has 90 valence electrons. The minimum absolute atomic E-state index is 0.551. The van der Waals surface area contributed by atoms with Crippen molar-refractivity contribution in [2.24, 2.45) is 0 Å². The van der Waals surface area contributed by atoms with Crippen LogP contribution in [0.4, 0.5) is 11.5 Å². The maximum Gasteiger partial charge on any atom is 0.145 e.